The fourth-order valence-electron chi connectivity index (χ4n) is 3.95. The van der Waals surface area contributed by atoms with Gasteiger partial charge in [0.1, 0.15) is 6.26 Å². The van der Waals surface area contributed by atoms with E-state index in [1.54, 1.807) is 6.26 Å². The van der Waals surface area contributed by atoms with Gasteiger partial charge in [0.25, 0.3) is 0 Å². The van der Waals surface area contributed by atoms with Crippen LogP contribution in [0.1, 0.15) is 26.5 Å². The monoisotopic (exact) mass is 391 g/mol. The van der Waals surface area contributed by atoms with Crippen molar-refractivity contribution in [1.29, 1.82) is 0 Å². The quantitative estimate of drug-likeness (QED) is 0.544. The van der Waals surface area contributed by atoms with Crippen molar-refractivity contribution >= 4 is 5.96 Å². The lowest BCUT2D eigenvalue weighted by Crippen LogP contribution is -2.53. The average molecular weight is 392 g/mol. The van der Waals surface area contributed by atoms with E-state index in [1.807, 2.05) is 6.07 Å². The third-order valence-electron chi connectivity index (χ3n) is 5.87. The Morgan fingerprint density at radius 1 is 1.11 bits per heavy atom. The Morgan fingerprint density at radius 3 is 2.43 bits per heavy atom. The second-order valence-corrected chi connectivity index (χ2v) is 7.77. The number of guanidine groups is 1. The molecule has 158 valence electrons. The Morgan fingerprint density at radius 2 is 1.82 bits per heavy atom. The van der Waals surface area contributed by atoms with E-state index in [9.17, 15) is 0 Å². The minimum Gasteiger partial charge on any atom is -0.364 e. The van der Waals surface area contributed by atoms with Gasteiger partial charge in [0.05, 0.1) is 12.2 Å². The van der Waals surface area contributed by atoms with E-state index >= 15 is 0 Å². The highest BCUT2D eigenvalue weighted by molar-refractivity contribution is 5.80. The SMILES string of the molecule is CCNC(=NCC(C)N1CCN(CC)CC1)N1CCN(Cc2ccon2)CC1. The summed E-state index contributed by atoms with van der Waals surface area (Å²) < 4.78 is 4.94. The molecule has 0 bridgehead atoms. The van der Waals surface area contributed by atoms with Gasteiger partial charge in [-0.2, -0.15) is 0 Å². The first-order chi connectivity index (χ1) is 13.7. The van der Waals surface area contributed by atoms with E-state index in [2.05, 4.69) is 50.8 Å². The first-order valence-electron chi connectivity index (χ1n) is 10.8. The molecule has 2 aliphatic rings. The summed E-state index contributed by atoms with van der Waals surface area (Å²) in [4.78, 5) is 14.9. The lowest BCUT2D eigenvalue weighted by atomic mass is 10.2. The maximum absolute atomic E-state index is 4.98. The summed E-state index contributed by atoms with van der Waals surface area (Å²) in [7, 11) is 0. The van der Waals surface area contributed by atoms with Gasteiger partial charge in [0.2, 0.25) is 0 Å². The largest absolute Gasteiger partial charge is 0.364 e. The van der Waals surface area contributed by atoms with Gasteiger partial charge in [-0.3, -0.25) is 14.8 Å². The molecule has 1 N–H and O–H groups in total. The van der Waals surface area contributed by atoms with Gasteiger partial charge in [0, 0.05) is 77.6 Å². The molecule has 2 fully saturated rings. The molecule has 0 spiro atoms. The van der Waals surface area contributed by atoms with Gasteiger partial charge in [-0.05, 0) is 20.4 Å². The van der Waals surface area contributed by atoms with Gasteiger partial charge in [0.15, 0.2) is 5.96 Å². The Balaban J connectivity index is 1.47. The van der Waals surface area contributed by atoms with E-state index in [-0.39, 0.29) is 0 Å². The maximum atomic E-state index is 4.98. The molecular formula is C20H37N7O. The van der Waals surface area contributed by atoms with Crippen molar-refractivity contribution in [2.45, 2.75) is 33.4 Å². The van der Waals surface area contributed by atoms with Crippen LogP contribution in [-0.2, 0) is 6.54 Å². The number of hydrogen-bond acceptors (Lipinski definition) is 6. The Labute approximate surface area is 169 Å². The zero-order valence-corrected chi connectivity index (χ0v) is 17.8. The first kappa shape index (κ1) is 21.1. The third kappa shape index (κ3) is 5.93. The zero-order valence-electron chi connectivity index (χ0n) is 17.8. The molecule has 1 aromatic heterocycles. The Bertz CT molecular complexity index is 575. The van der Waals surface area contributed by atoms with E-state index < -0.39 is 0 Å². The van der Waals surface area contributed by atoms with Crippen LogP contribution in [-0.4, -0.2) is 109 Å². The minimum atomic E-state index is 0.487. The summed E-state index contributed by atoms with van der Waals surface area (Å²) in [6.07, 6.45) is 1.64. The van der Waals surface area contributed by atoms with Gasteiger partial charge < -0.3 is 19.6 Å². The van der Waals surface area contributed by atoms with E-state index in [1.165, 1.54) is 13.1 Å². The maximum Gasteiger partial charge on any atom is 0.194 e. The van der Waals surface area contributed by atoms with Gasteiger partial charge in [-0.1, -0.05) is 12.1 Å². The molecule has 1 atom stereocenters. The lowest BCUT2D eigenvalue weighted by Gasteiger charge is -2.38. The summed E-state index contributed by atoms with van der Waals surface area (Å²) >= 11 is 0. The molecule has 1 aromatic rings. The normalized spacial score (nSPS) is 21.8. The van der Waals surface area contributed by atoms with Crippen molar-refractivity contribution in [3.05, 3.63) is 18.0 Å². The molecule has 0 radical (unpaired) electrons. The summed E-state index contributed by atoms with van der Waals surface area (Å²) in [5.41, 5.74) is 1.01. The smallest absolute Gasteiger partial charge is 0.194 e. The molecule has 28 heavy (non-hydrogen) atoms. The van der Waals surface area contributed by atoms with Gasteiger partial charge >= 0.3 is 0 Å². The number of aliphatic imine (C=N–C) groups is 1. The van der Waals surface area contributed by atoms with Crippen molar-refractivity contribution in [2.24, 2.45) is 4.99 Å². The fourth-order valence-corrected chi connectivity index (χ4v) is 3.95. The van der Waals surface area contributed by atoms with Crippen molar-refractivity contribution in [3.8, 4) is 0 Å². The van der Waals surface area contributed by atoms with Crippen LogP contribution in [0.2, 0.25) is 0 Å². The van der Waals surface area contributed by atoms with Gasteiger partial charge in [-0.25, -0.2) is 0 Å². The molecule has 2 aliphatic heterocycles. The predicted octanol–water partition coefficient (Wildman–Crippen LogP) is 0.784. The second kappa shape index (κ2) is 10.8. The summed E-state index contributed by atoms with van der Waals surface area (Å²) in [5.74, 6) is 1.06. The number of aromatic nitrogens is 1. The van der Waals surface area contributed by atoms with Gasteiger partial charge in [-0.15, -0.1) is 0 Å². The highest BCUT2D eigenvalue weighted by atomic mass is 16.5. The summed E-state index contributed by atoms with van der Waals surface area (Å²) in [5, 5.41) is 7.51. The molecule has 2 saturated heterocycles. The number of nitrogens with zero attached hydrogens (tertiary/aromatic N) is 6. The topological polar surface area (TPSA) is 63.4 Å². The van der Waals surface area contributed by atoms with Crippen LogP contribution in [0.3, 0.4) is 0 Å². The van der Waals surface area contributed by atoms with Crippen LogP contribution >= 0.6 is 0 Å². The number of nitrogens with one attached hydrogen (secondary N) is 1. The van der Waals surface area contributed by atoms with Crippen LogP contribution in [0, 0.1) is 0 Å². The predicted molar refractivity (Wildman–Crippen MR) is 112 cm³/mol. The first-order valence-corrected chi connectivity index (χ1v) is 10.8. The van der Waals surface area contributed by atoms with E-state index in [0.29, 0.717) is 6.04 Å². The second-order valence-electron chi connectivity index (χ2n) is 7.77. The van der Waals surface area contributed by atoms with Crippen LogP contribution in [0.15, 0.2) is 21.8 Å². The van der Waals surface area contributed by atoms with E-state index in [4.69, 9.17) is 9.52 Å². The molecule has 8 nitrogen and oxygen atoms in total. The van der Waals surface area contributed by atoms with Crippen LogP contribution in [0.5, 0.6) is 0 Å². The molecule has 0 aliphatic carbocycles. The number of hydrogen-bond donors (Lipinski definition) is 1. The third-order valence-corrected chi connectivity index (χ3v) is 5.87. The van der Waals surface area contributed by atoms with E-state index in [0.717, 1.165) is 77.1 Å². The molecule has 3 heterocycles. The molecule has 8 heteroatoms. The highest BCUT2D eigenvalue weighted by Crippen LogP contribution is 2.09. The van der Waals surface area contributed by atoms with Crippen molar-refractivity contribution < 1.29 is 4.52 Å². The molecular weight excluding hydrogens is 354 g/mol. The average Bonchev–Trinajstić information content (AvgIpc) is 3.24. The van der Waals surface area contributed by atoms with Crippen molar-refractivity contribution in [2.75, 3.05) is 72.0 Å². The number of piperazine rings is 2. The number of rotatable bonds is 7. The summed E-state index contributed by atoms with van der Waals surface area (Å²) in [6.45, 7) is 19.2. The Kier molecular flexibility index (Phi) is 8.12. The van der Waals surface area contributed by atoms with Crippen LogP contribution < -0.4 is 5.32 Å². The fraction of sp³-hybridized carbons (Fsp3) is 0.800. The highest BCUT2D eigenvalue weighted by Gasteiger charge is 2.22. The molecule has 0 saturated carbocycles. The molecule has 0 amide bonds. The Hall–Kier alpha value is -1.64. The lowest BCUT2D eigenvalue weighted by molar-refractivity contribution is 0.108. The number of likely N-dealkylation sites (N-methyl/N-ethyl adjacent to an activating group) is 1. The molecule has 3 rings (SSSR count). The minimum absolute atomic E-state index is 0.487. The zero-order chi connectivity index (χ0) is 19.8. The van der Waals surface area contributed by atoms with Crippen LogP contribution in [0.4, 0.5) is 0 Å². The molecule has 0 aromatic carbocycles. The van der Waals surface area contributed by atoms with Crippen molar-refractivity contribution in [3.63, 3.8) is 0 Å². The van der Waals surface area contributed by atoms with Crippen LogP contribution in [0.25, 0.3) is 0 Å². The van der Waals surface area contributed by atoms with Crippen molar-refractivity contribution in [1.82, 2.24) is 30.1 Å². The molecule has 1 unspecified atom stereocenters. The summed E-state index contributed by atoms with van der Waals surface area (Å²) in [6, 6.07) is 2.43. The standard InChI is InChI=1S/C20H37N7O/c1-4-21-20(22-16-18(3)26-11-7-24(5-2)8-12-26)27-13-9-25(10-14-27)17-19-6-15-28-23-19/h6,15,18H,4-5,7-14,16-17H2,1-3H3,(H,21,22).